The Balaban J connectivity index is 1.66. The molecule has 2 aromatic rings. The number of benzene rings is 2. The molecule has 0 spiro atoms. The second kappa shape index (κ2) is 8.56. The Morgan fingerprint density at radius 3 is 2.43 bits per heavy atom. The van der Waals surface area contributed by atoms with E-state index < -0.39 is 6.10 Å². The summed E-state index contributed by atoms with van der Waals surface area (Å²) in [5.74, 6) is 2.10. The minimum atomic E-state index is -0.594. The molecule has 0 unspecified atom stereocenters. The first-order valence-corrected chi connectivity index (χ1v) is 10.4. The smallest absolute Gasteiger partial charge is 0.266 e. The molecule has 2 aliphatic heterocycles. The van der Waals surface area contributed by atoms with Gasteiger partial charge in [0.25, 0.3) is 5.91 Å². The van der Waals surface area contributed by atoms with Gasteiger partial charge in [-0.25, -0.2) is 0 Å². The van der Waals surface area contributed by atoms with E-state index in [0.717, 1.165) is 41.9 Å². The van der Waals surface area contributed by atoms with E-state index in [2.05, 4.69) is 0 Å². The maximum Gasteiger partial charge on any atom is 0.266 e. The second-order valence-corrected chi connectivity index (χ2v) is 8.02. The van der Waals surface area contributed by atoms with Crippen LogP contribution in [0.2, 0.25) is 0 Å². The first-order valence-electron chi connectivity index (χ1n) is 10.4. The summed E-state index contributed by atoms with van der Waals surface area (Å²) in [5, 5.41) is 0. The predicted molar refractivity (Wildman–Crippen MR) is 113 cm³/mol. The highest BCUT2D eigenvalue weighted by Gasteiger charge is 2.51. The standard InChI is InChI=1S/C24H29NO5/c1-15-7-8-16(2)21(10-15)30-23-22(17-11-19(27-3)13-20(12-17)28-4)25(24(23)26)14-18-6-5-9-29-18/h7-8,10-13,18,22-23H,5-6,9,14H2,1-4H3/t18-,22-,23+/m0/s1. The topological polar surface area (TPSA) is 57.2 Å². The number of rotatable bonds is 7. The third kappa shape index (κ3) is 3.97. The van der Waals surface area contributed by atoms with Crippen LogP contribution in [0.25, 0.3) is 0 Å². The van der Waals surface area contributed by atoms with Crippen LogP contribution >= 0.6 is 0 Å². The van der Waals surface area contributed by atoms with E-state index in [4.69, 9.17) is 18.9 Å². The number of carbonyl (C=O) groups excluding carboxylic acids is 1. The average molecular weight is 411 g/mol. The Morgan fingerprint density at radius 1 is 1.07 bits per heavy atom. The molecule has 2 aromatic carbocycles. The van der Waals surface area contributed by atoms with Gasteiger partial charge in [0.15, 0.2) is 0 Å². The predicted octanol–water partition coefficient (Wildman–Crippen LogP) is 3.83. The van der Waals surface area contributed by atoms with Gasteiger partial charge in [-0.2, -0.15) is 0 Å². The number of methoxy groups -OCH3 is 2. The summed E-state index contributed by atoms with van der Waals surface area (Å²) in [5.41, 5.74) is 3.03. The zero-order valence-electron chi connectivity index (χ0n) is 18.0. The number of hydrogen-bond donors (Lipinski definition) is 0. The lowest BCUT2D eigenvalue weighted by atomic mass is 9.89. The Kier molecular flexibility index (Phi) is 5.86. The molecule has 0 saturated carbocycles. The van der Waals surface area contributed by atoms with Crippen molar-refractivity contribution in [3.63, 3.8) is 0 Å². The van der Waals surface area contributed by atoms with E-state index in [0.29, 0.717) is 18.0 Å². The first-order chi connectivity index (χ1) is 14.5. The average Bonchev–Trinajstić information content (AvgIpc) is 3.27. The summed E-state index contributed by atoms with van der Waals surface area (Å²) in [6.45, 7) is 5.33. The molecule has 4 rings (SSSR count). The van der Waals surface area contributed by atoms with Gasteiger partial charge in [-0.15, -0.1) is 0 Å². The lowest BCUT2D eigenvalue weighted by Gasteiger charge is -2.47. The quantitative estimate of drug-likeness (QED) is 0.648. The molecule has 0 radical (unpaired) electrons. The van der Waals surface area contributed by atoms with Crippen LogP contribution < -0.4 is 14.2 Å². The number of likely N-dealkylation sites (tertiary alicyclic amines) is 1. The number of aryl methyl sites for hydroxylation is 2. The Morgan fingerprint density at radius 2 is 1.80 bits per heavy atom. The molecular formula is C24H29NO5. The molecule has 6 heteroatoms. The van der Waals surface area contributed by atoms with Crippen molar-refractivity contribution in [3.05, 3.63) is 53.1 Å². The molecule has 6 nitrogen and oxygen atoms in total. The minimum Gasteiger partial charge on any atom is -0.497 e. The van der Waals surface area contributed by atoms with Crippen molar-refractivity contribution in [2.75, 3.05) is 27.4 Å². The van der Waals surface area contributed by atoms with Gasteiger partial charge in [0.2, 0.25) is 6.10 Å². The van der Waals surface area contributed by atoms with Crippen molar-refractivity contribution < 1.29 is 23.7 Å². The summed E-state index contributed by atoms with van der Waals surface area (Å²) in [6, 6.07) is 11.5. The number of carbonyl (C=O) groups is 1. The SMILES string of the molecule is COc1cc(OC)cc([C@H]2[C@@H](Oc3cc(C)ccc3C)C(=O)N2C[C@@H]2CCCO2)c1. The highest BCUT2D eigenvalue weighted by atomic mass is 16.5. The Hall–Kier alpha value is -2.73. The van der Waals surface area contributed by atoms with Gasteiger partial charge in [0, 0.05) is 19.2 Å². The summed E-state index contributed by atoms with van der Waals surface area (Å²) in [7, 11) is 3.25. The molecule has 0 N–H and O–H groups in total. The molecule has 160 valence electrons. The monoisotopic (exact) mass is 411 g/mol. The summed E-state index contributed by atoms with van der Waals surface area (Å²) in [4.78, 5) is 15.0. The molecule has 0 bridgehead atoms. The Bertz CT molecular complexity index is 900. The van der Waals surface area contributed by atoms with Gasteiger partial charge >= 0.3 is 0 Å². The van der Waals surface area contributed by atoms with Gasteiger partial charge in [-0.1, -0.05) is 12.1 Å². The van der Waals surface area contributed by atoms with E-state index in [1.54, 1.807) is 14.2 Å². The zero-order chi connectivity index (χ0) is 21.3. The van der Waals surface area contributed by atoms with Crippen molar-refractivity contribution in [3.8, 4) is 17.2 Å². The molecule has 1 amide bonds. The fourth-order valence-electron chi connectivity index (χ4n) is 4.17. The number of nitrogens with zero attached hydrogens (tertiary/aromatic N) is 1. The first kappa shape index (κ1) is 20.5. The Labute approximate surface area is 177 Å². The number of ether oxygens (including phenoxy) is 4. The van der Waals surface area contributed by atoms with Gasteiger partial charge in [-0.3, -0.25) is 4.79 Å². The third-order valence-corrected chi connectivity index (χ3v) is 5.89. The maximum absolute atomic E-state index is 13.1. The van der Waals surface area contributed by atoms with Gasteiger partial charge < -0.3 is 23.8 Å². The highest BCUT2D eigenvalue weighted by Crippen LogP contribution is 2.41. The maximum atomic E-state index is 13.1. The van der Waals surface area contributed by atoms with E-state index in [1.807, 2.05) is 55.1 Å². The summed E-state index contributed by atoms with van der Waals surface area (Å²) in [6.07, 6.45) is 1.49. The van der Waals surface area contributed by atoms with Crippen molar-refractivity contribution >= 4 is 5.91 Å². The van der Waals surface area contributed by atoms with E-state index in [1.165, 1.54) is 0 Å². The van der Waals surface area contributed by atoms with Crippen molar-refractivity contribution in [2.45, 2.75) is 44.9 Å². The van der Waals surface area contributed by atoms with Crippen molar-refractivity contribution in [1.29, 1.82) is 0 Å². The lowest BCUT2D eigenvalue weighted by Crippen LogP contribution is -2.62. The van der Waals surface area contributed by atoms with Gasteiger partial charge in [-0.05, 0) is 61.6 Å². The fraction of sp³-hybridized carbons (Fsp3) is 0.458. The minimum absolute atomic E-state index is 0.0156. The lowest BCUT2D eigenvalue weighted by molar-refractivity contribution is -0.167. The largest absolute Gasteiger partial charge is 0.497 e. The fourth-order valence-corrected chi connectivity index (χ4v) is 4.17. The van der Waals surface area contributed by atoms with Gasteiger partial charge in [0.05, 0.1) is 20.3 Å². The van der Waals surface area contributed by atoms with Crippen LogP contribution in [-0.4, -0.2) is 50.4 Å². The molecule has 2 fully saturated rings. The van der Waals surface area contributed by atoms with Crippen LogP contribution in [-0.2, 0) is 9.53 Å². The van der Waals surface area contributed by atoms with E-state index in [9.17, 15) is 4.79 Å². The zero-order valence-corrected chi connectivity index (χ0v) is 18.0. The second-order valence-electron chi connectivity index (χ2n) is 8.02. The third-order valence-electron chi connectivity index (χ3n) is 5.89. The van der Waals surface area contributed by atoms with Crippen LogP contribution in [0.5, 0.6) is 17.2 Å². The van der Waals surface area contributed by atoms with Crippen LogP contribution in [0.15, 0.2) is 36.4 Å². The molecule has 3 atom stereocenters. The van der Waals surface area contributed by atoms with E-state index in [-0.39, 0.29) is 18.1 Å². The summed E-state index contributed by atoms with van der Waals surface area (Å²) < 4.78 is 23.0. The van der Waals surface area contributed by atoms with Crippen LogP contribution in [0.4, 0.5) is 0 Å². The van der Waals surface area contributed by atoms with Crippen molar-refractivity contribution in [1.82, 2.24) is 4.90 Å². The number of hydrogen-bond acceptors (Lipinski definition) is 5. The van der Waals surface area contributed by atoms with Crippen molar-refractivity contribution in [2.24, 2.45) is 0 Å². The van der Waals surface area contributed by atoms with Crippen LogP contribution in [0, 0.1) is 13.8 Å². The molecule has 2 aliphatic rings. The van der Waals surface area contributed by atoms with E-state index >= 15 is 0 Å². The van der Waals surface area contributed by atoms with Crippen LogP contribution in [0.1, 0.15) is 35.6 Å². The normalized spacial score (nSPS) is 23.3. The molecule has 30 heavy (non-hydrogen) atoms. The van der Waals surface area contributed by atoms with Crippen LogP contribution in [0.3, 0.4) is 0 Å². The molecule has 0 aliphatic carbocycles. The molecule has 0 aromatic heterocycles. The molecular weight excluding hydrogens is 382 g/mol. The number of β-lactam (4-membered cyclic amide) rings is 1. The molecule has 2 heterocycles. The highest BCUT2D eigenvalue weighted by molar-refractivity contribution is 5.89. The number of amides is 1. The summed E-state index contributed by atoms with van der Waals surface area (Å²) >= 11 is 0. The molecule has 2 saturated heterocycles. The van der Waals surface area contributed by atoms with Gasteiger partial charge in [0.1, 0.15) is 23.3 Å².